The van der Waals surface area contributed by atoms with Crippen molar-refractivity contribution in [3.05, 3.63) is 449 Å². The summed E-state index contributed by atoms with van der Waals surface area (Å²) in [5.41, 5.74) is 27.7. The Labute approximate surface area is 661 Å². The highest BCUT2D eigenvalue weighted by atomic mass is 79.9. The zero-order valence-corrected chi connectivity index (χ0v) is 62.6. The molecule has 20 aromatic rings. The smallest absolute Gasteiger partial charge is 0.135 e. The van der Waals surface area contributed by atoms with E-state index in [9.17, 15) is 0 Å². The van der Waals surface area contributed by atoms with E-state index in [1.165, 1.54) is 99.4 Å². The number of anilines is 5. The van der Waals surface area contributed by atoms with Gasteiger partial charge in [-0.05, 0) is 210 Å². The molecule has 532 valence electrons. The second-order valence-electron chi connectivity index (χ2n) is 29.4. The first-order valence-corrected chi connectivity index (χ1v) is 39.1. The molecule has 0 unspecified atom stereocenters. The molecule has 7 heteroatoms. The molecule has 1 N–H and O–H groups in total. The Balaban J connectivity index is 0.000000115. The number of para-hydroxylation sites is 6. The number of halogens is 1. The van der Waals surface area contributed by atoms with Gasteiger partial charge in [-0.1, -0.05) is 295 Å². The molecule has 0 bridgehead atoms. The summed E-state index contributed by atoms with van der Waals surface area (Å²) >= 11 is 3.76. The minimum atomic E-state index is -0.607. The molecule has 0 saturated carbocycles. The predicted molar refractivity (Wildman–Crippen MR) is 467 cm³/mol. The van der Waals surface area contributed by atoms with Gasteiger partial charge >= 0.3 is 0 Å². The molecule has 18 aromatic carbocycles. The van der Waals surface area contributed by atoms with E-state index in [1.54, 1.807) is 0 Å². The summed E-state index contributed by atoms with van der Waals surface area (Å²) in [4.78, 5) is 2.39. The maximum Gasteiger partial charge on any atom is 0.135 e. The van der Waals surface area contributed by atoms with Gasteiger partial charge in [0.15, 0.2) is 0 Å². The monoisotopic (exact) mass is 1510 g/mol. The van der Waals surface area contributed by atoms with Gasteiger partial charge in [0, 0.05) is 76.7 Å². The first-order chi connectivity index (χ1) is 55.9. The van der Waals surface area contributed by atoms with Gasteiger partial charge in [0.1, 0.15) is 45.3 Å². The fraction of sp³-hybridized carbons (Fsp3) is 0.0189. The SMILES string of the molecule is Brc1ccc2c(c1)C1(c3ccccc3Oc3ccccc31)c1ccc3ccccc3c1-2.c1ccc(-c2ccc(N(c3ccc4c(c3)C3(c5ccccc5Oc5ccccc53)c3ccc5ccccc5c3-4)c3ccc4oc5ccccc5c4c3)cc2)cc1.c1ccc(-c2ccc(Nc3ccc4oc5ccccc5c4c3)cc2)cc1. The van der Waals surface area contributed by atoms with Crippen LogP contribution in [-0.4, -0.2) is 0 Å². The van der Waals surface area contributed by atoms with Crippen molar-refractivity contribution in [3.8, 4) is 67.5 Å². The van der Waals surface area contributed by atoms with Crippen molar-refractivity contribution in [2.45, 2.75) is 10.8 Å². The molecular formula is C106H67BrN2O4. The molecular weight excluding hydrogens is 1450 g/mol. The molecule has 113 heavy (non-hydrogen) atoms. The van der Waals surface area contributed by atoms with E-state index in [0.717, 1.165) is 111 Å². The fourth-order valence-corrected chi connectivity index (χ4v) is 18.9. The summed E-state index contributed by atoms with van der Waals surface area (Å²) in [6, 6.07) is 142. The Morgan fingerprint density at radius 1 is 0.239 bits per heavy atom. The van der Waals surface area contributed by atoms with Crippen LogP contribution in [0.2, 0.25) is 0 Å². The summed E-state index contributed by atoms with van der Waals surface area (Å²) in [5, 5.41) is 13.0. The lowest BCUT2D eigenvalue weighted by molar-refractivity contribution is 0.436. The van der Waals surface area contributed by atoms with Crippen molar-refractivity contribution >= 4 is 110 Å². The van der Waals surface area contributed by atoms with E-state index in [4.69, 9.17) is 18.3 Å². The number of nitrogens with zero attached hydrogens (tertiary/aromatic N) is 1. The van der Waals surface area contributed by atoms with E-state index in [0.29, 0.717) is 0 Å². The van der Waals surface area contributed by atoms with Crippen LogP contribution in [0.5, 0.6) is 23.0 Å². The normalized spacial score (nSPS) is 13.1. The standard InChI is InChI=1S/C53H33NO2.C29H17BrO.C24H17NO/c1-2-12-34(13-3-1)35-22-25-37(26-23-35)54(38-28-31-49-43(32-38)41-16-6-9-19-48(41)55-49)39-27-29-42-47(33-39)53(46-30-24-36-14-4-5-15-40(36)52(42)46)44-17-7-10-20-50(44)56-51-21-11-8-18-45(51)53;30-19-14-15-21-25(17-19)29(24-16-13-18-7-1-2-8-20(18)28(21)24)22-9-3-5-11-26(22)31-27-12-6-4-10-23(27)29;1-2-6-17(7-3-1)18-10-12-19(13-11-18)25-20-14-15-24-22(16-20)21-8-4-5-9-23(21)26-24/h1-33H;1-17H;1-16,25H. The maximum absolute atomic E-state index is 6.69. The first-order valence-electron chi connectivity index (χ1n) is 38.3. The van der Waals surface area contributed by atoms with Crippen LogP contribution in [0.25, 0.3) is 110 Å². The van der Waals surface area contributed by atoms with E-state index >= 15 is 0 Å². The topological polar surface area (TPSA) is 60.0 Å². The van der Waals surface area contributed by atoms with Crippen LogP contribution in [0.15, 0.2) is 414 Å². The average molecular weight is 1510 g/mol. The minimum absolute atomic E-state index is 0.413. The molecule has 2 aliphatic carbocycles. The van der Waals surface area contributed by atoms with Gasteiger partial charge in [-0.3, -0.25) is 0 Å². The van der Waals surface area contributed by atoms with E-state index in [2.05, 4.69) is 384 Å². The summed E-state index contributed by atoms with van der Waals surface area (Å²) in [5.74, 6) is 3.62. The molecule has 24 rings (SSSR count). The molecule has 2 aromatic heterocycles. The van der Waals surface area contributed by atoms with Crippen LogP contribution in [0.4, 0.5) is 28.4 Å². The van der Waals surface area contributed by atoms with Crippen molar-refractivity contribution in [1.29, 1.82) is 0 Å². The van der Waals surface area contributed by atoms with Gasteiger partial charge in [-0.25, -0.2) is 0 Å². The van der Waals surface area contributed by atoms with E-state index in [1.807, 2.05) is 42.5 Å². The predicted octanol–water partition coefficient (Wildman–Crippen LogP) is 29.4. The number of hydrogen-bond donors (Lipinski definition) is 1. The number of furan rings is 2. The lowest BCUT2D eigenvalue weighted by atomic mass is 9.66. The number of benzene rings is 18. The van der Waals surface area contributed by atoms with Gasteiger partial charge in [-0.15, -0.1) is 0 Å². The zero-order chi connectivity index (χ0) is 74.7. The van der Waals surface area contributed by atoms with Crippen LogP contribution in [0, 0.1) is 0 Å². The highest BCUT2D eigenvalue weighted by Crippen LogP contribution is 2.66. The Morgan fingerprint density at radius 2 is 0.611 bits per heavy atom. The Morgan fingerprint density at radius 3 is 1.13 bits per heavy atom. The lowest BCUT2D eigenvalue weighted by Gasteiger charge is -2.39. The van der Waals surface area contributed by atoms with Gasteiger partial charge in [0.05, 0.1) is 10.8 Å². The van der Waals surface area contributed by atoms with E-state index < -0.39 is 10.8 Å². The summed E-state index contributed by atoms with van der Waals surface area (Å²) in [7, 11) is 0. The molecule has 0 radical (unpaired) electrons. The molecule has 0 fully saturated rings. The molecule has 6 nitrogen and oxygen atoms in total. The molecule has 0 atom stereocenters. The van der Waals surface area contributed by atoms with Crippen molar-refractivity contribution < 1.29 is 18.3 Å². The third-order valence-electron chi connectivity index (χ3n) is 23.4. The third-order valence-corrected chi connectivity index (χ3v) is 23.9. The van der Waals surface area contributed by atoms with Crippen LogP contribution < -0.4 is 19.7 Å². The molecule has 4 aliphatic rings. The summed E-state index contributed by atoms with van der Waals surface area (Å²) in [6.45, 7) is 0. The quantitative estimate of drug-likeness (QED) is 0.172. The molecule has 2 spiro atoms. The van der Waals surface area contributed by atoms with Gasteiger partial charge in [-0.2, -0.15) is 0 Å². The molecule has 4 heterocycles. The zero-order valence-electron chi connectivity index (χ0n) is 61.1. The molecule has 2 aliphatic heterocycles. The number of fused-ring (bicyclic) bond motifs is 28. The largest absolute Gasteiger partial charge is 0.457 e. The van der Waals surface area contributed by atoms with E-state index in [-0.39, 0.29) is 0 Å². The second kappa shape index (κ2) is 26.5. The number of rotatable bonds is 7. The fourth-order valence-electron chi connectivity index (χ4n) is 18.5. The van der Waals surface area contributed by atoms with Gasteiger partial charge in [0.2, 0.25) is 0 Å². The lowest BCUT2D eigenvalue weighted by Crippen LogP contribution is -2.32. The average Bonchev–Trinajstić information content (AvgIpc) is 1.54. The molecule has 0 amide bonds. The van der Waals surface area contributed by atoms with Crippen molar-refractivity contribution in [2.24, 2.45) is 0 Å². The number of hydrogen-bond acceptors (Lipinski definition) is 6. The highest BCUT2D eigenvalue weighted by Gasteiger charge is 2.53. The van der Waals surface area contributed by atoms with Crippen LogP contribution in [0.1, 0.15) is 44.5 Å². The minimum Gasteiger partial charge on any atom is -0.457 e. The number of nitrogens with one attached hydrogen (secondary N) is 1. The van der Waals surface area contributed by atoms with Crippen LogP contribution in [0.3, 0.4) is 0 Å². The third kappa shape index (κ3) is 10.5. The summed E-state index contributed by atoms with van der Waals surface area (Å²) < 4.78 is 26.4. The van der Waals surface area contributed by atoms with Crippen LogP contribution in [-0.2, 0) is 10.8 Å². The van der Waals surface area contributed by atoms with Crippen molar-refractivity contribution in [1.82, 2.24) is 0 Å². The maximum atomic E-state index is 6.69. The number of ether oxygens (including phenoxy) is 2. The highest BCUT2D eigenvalue weighted by molar-refractivity contribution is 9.10. The Hall–Kier alpha value is -14.2. The first kappa shape index (κ1) is 65.8. The Kier molecular flexibility index (Phi) is 15.4. The molecule has 0 saturated heterocycles. The van der Waals surface area contributed by atoms with Crippen LogP contribution >= 0.6 is 15.9 Å². The van der Waals surface area contributed by atoms with Gasteiger partial charge in [0.25, 0.3) is 0 Å². The van der Waals surface area contributed by atoms with Crippen molar-refractivity contribution in [2.75, 3.05) is 10.2 Å². The van der Waals surface area contributed by atoms with Gasteiger partial charge < -0.3 is 28.5 Å². The second-order valence-corrected chi connectivity index (χ2v) is 30.3. The Bertz CT molecular complexity index is 7090. The van der Waals surface area contributed by atoms with Crippen molar-refractivity contribution in [3.63, 3.8) is 0 Å². The summed E-state index contributed by atoms with van der Waals surface area (Å²) in [6.07, 6.45) is 0.